The van der Waals surface area contributed by atoms with E-state index >= 15 is 0 Å². The summed E-state index contributed by atoms with van der Waals surface area (Å²) < 4.78 is 16.7. The summed E-state index contributed by atoms with van der Waals surface area (Å²) in [4.78, 5) is 5.37. The van der Waals surface area contributed by atoms with Crippen molar-refractivity contribution in [3.05, 3.63) is 35.5 Å². The first-order valence-electron chi connectivity index (χ1n) is 6.85. The molecule has 2 aromatic rings. The molecule has 0 unspecified atom stereocenters. The van der Waals surface area contributed by atoms with Crippen LogP contribution in [0.4, 0.5) is 0 Å². The van der Waals surface area contributed by atoms with E-state index in [0.717, 1.165) is 23.8 Å². The molecular formula is C15H18N2O3S. The fourth-order valence-electron chi connectivity index (χ4n) is 2.23. The lowest BCUT2D eigenvalue weighted by atomic mass is 10.2. The monoisotopic (exact) mass is 306 g/mol. The summed E-state index contributed by atoms with van der Waals surface area (Å²) in [5.74, 6) is 3.19. The van der Waals surface area contributed by atoms with Crippen LogP contribution in [0.3, 0.4) is 0 Å². The highest BCUT2D eigenvalue weighted by molar-refractivity contribution is 7.98. The van der Waals surface area contributed by atoms with Crippen LogP contribution in [0.1, 0.15) is 17.2 Å². The number of benzene rings is 1. The first-order chi connectivity index (χ1) is 10.3. The third kappa shape index (κ3) is 3.33. The van der Waals surface area contributed by atoms with Crippen molar-refractivity contribution < 1.29 is 13.9 Å². The van der Waals surface area contributed by atoms with Gasteiger partial charge in [0.05, 0.1) is 12.7 Å². The van der Waals surface area contributed by atoms with Crippen LogP contribution < -0.4 is 14.8 Å². The van der Waals surface area contributed by atoms with Gasteiger partial charge in [-0.25, -0.2) is 4.98 Å². The van der Waals surface area contributed by atoms with Crippen LogP contribution in [-0.4, -0.2) is 24.5 Å². The fourth-order valence-corrected chi connectivity index (χ4v) is 2.85. The van der Waals surface area contributed by atoms with Crippen molar-refractivity contribution in [3.8, 4) is 11.5 Å². The van der Waals surface area contributed by atoms with Gasteiger partial charge >= 0.3 is 0 Å². The van der Waals surface area contributed by atoms with Gasteiger partial charge in [0, 0.05) is 11.4 Å². The summed E-state index contributed by atoms with van der Waals surface area (Å²) in [5, 5.41) is 3.35. The Kier molecular flexibility index (Phi) is 4.36. The number of hydrogen-bond acceptors (Lipinski definition) is 6. The van der Waals surface area contributed by atoms with Gasteiger partial charge in [0.15, 0.2) is 11.5 Å². The third-order valence-electron chi connectivity index (χ3n) is 3.21. The summed E-state index contributed by atoms with van der Waals surface area (Å²) in [5.41, 5.74) is 1.19. The zero-order chi connectivity index (χ0) is 14.7. The van der Waals surface area contributed by atoms with Crippen LogP contribution in [0.15, 0.2) is 27.6 Å². The van der Waals surface area contributed by atoms with E-state index in [0.29, 0.717) is 25.6 Å². The Labute approximate surface area is 128 Å². The van der Waals surface area contributed by atoms with Crippen molar-refractivity contribution in [2.24, 2.45) is 0 Å². The van der Waals surface area contributed by atoms with Gasteiger partial charge in [0.25, 0.3) is 0 Å². The molecule has 112 valence electrons. The van der Waals surface area contributed by atoms with E-state index in [9.17, 15) is 0 Å². The lowest BCUT2D eigenvalue weighted by Gasteiger charge is -2.20. The van der Waals surface area contributed by atoms with Crippen molar-refractivity contribution in [1.29, 1.82) is 0 Å². The standard InChI is InChI=1S/C15H18N2O3S/c1-10-7-17-15(20-10)9-16-8-11-5-12-13(6-14(11)21-2)19-4-3-18-12/h5-7,16H,3-4,8-9H2,1-2H3. The summed E-state index contributed by atoms with van der Waals surface area (Å²) in [7, 11) is 0. The zero-order valence-electron chi connectivity index (χ0n) is 12.1. The molecule has 6 heteroatoms. The van der Waals surface area contributed by atoms with E-state index in [4.69, 9.17) is 13.9 Å². The average molecular weight is 306 g/mol. The molecule has 21 heavy (non-hydrogen) atoms. The van der Waals surface area contributed by atoms with E-state index in [1.54, 1.807) is 18.0 Å². The van der Waals surface area contributed by atoms with Crippen molar-refractivity contribution in [2.75, 3.05) is 19.5 Å². The smallest absolute Gasteiger partial charge is 0.208 e. The summed E-state index contributed by atoms with van der Waals surface area (Å²) in [6, 6.07) is 4.10. The Balaban J connectivity index is 1.69. The molecule has 0 saturated carbocycles. The molecule has 0 fully saturated rings. The number of thioether (sulfide) groups is 1. The molecular weight excluding hydrogens is 288 g/mol. The third-order valence-corrected chi connectivity index (χ3v) is 4.03. The summed E-state index contributed by atoms with van der Waals surface area (Å²) in [6.45, 7) is 4.45. The van der Waals surface area contributed by atoms with E-state index in [1.165, 1.54) is 10.5 Å². The molecule has 0 aliphatic carbocycles. The first-order valence-corrected chi connectivity index (χ1v) is 8.07. The van der Waals surface area contributed by atoms with Crippen LogP contribution in [0.2, 0.25) is 0 Å². The maximum atomic E-state index is 5.64. The molecule has 0 spiro atoms. The second kappa shape index (κ2) is 6.41. The second-order valence-electron chi connectivity index (χ2n) is 4.78. The maximum absolute atomic E-state index is 5.64. The minimum atomic E-state index is 0.605. The van der Waals surface area contributed by atoms with Crippen molar-refractivity contribution >= 4 is 11.8 Å². The quantitative estimate of drug-likeness (QED) is 0.857. The number of ether oxygens (including phenoxy) is 2. The van der Waals surface area contributed by atoms with Crippen molar-refractivity contribution in [2.45, 2.75) is 24.9 Å². The zero-order valence-corrected chi connectivity index (χ0v) is 13.0. The normalized spacial score (nSPS) is 13.4. The fraction of sp³-hybridized carbons (Fsp3) is 0.400. The molecule has 2 heterocycles. The van der Waals surface area contributed by atoms with Crippen LogP contribution in [0.25, 0.3) is 0 Å². The minimum absolute atomic E-state index is 0.605. The molecule has 1 aromatic heterocycles. The molecule has 1 N–H and O–H groups in total. The molecule has 3 rings (SSSR count). The summed E-state index contributed by atoms with van der Waals surface area (Å²) >= 11 is 1.70. The number of fused-ring (bicyclic) bond motifs is 1. The number of aromatic nitrogens is 1. The van der Waals surface area contributed by atoms with E-state index < -0.39 is 0 Å². The van der Waals surface area contributed by atoms with Crippen molar-refractivity contribution in [3.63, 3.8) is 0 Å². The number of rotatable bonds is 5. The highest BCUT2D eigenvalue weighted by Gasteiger charge is 2.15. The van der Waals surface area contributed by atoms with Gasteiger partial charge in [0.2, 0.25) is 5.89 Å². The lowest BCUT2D eigenvalue weighted by Crippen LogP contribution is -2.17. The van der Waals surface area contributed by atoms with Gasteiger partial charge in [0.1, 0.15) is 19.0 Å². The lowest BCUT2D eigenvalue weighted by molar-refractivity contribution is 0.171. The van der Waals surface area contributed by atoms with Crippen LogP contribution in [-0.2, 0) is 13.1 Å². The SMILES string of the molecule is CSc1cc2c(cc1CNCc1ncc(C)o1)OCCO2. The predicted molar refractivity (Wildman–Crippen MR) is 81.0 cm³/mol. The van der Waals surface area contributed by atoms with Gasteiger partial charge in [-0.05, 0) is 30.9 Å². The van der Waals surface area contributed by atoms with Crippen LogP contribution in [0, 0.1) is 6.92 Å². The molecule has 0 radical (unpaired) electrons. The highest BCUT2D eigenvalue weighted by Crippen LogP contribution is 2.36. The molecule has 1 aliphatic rings. The minimum Gasteiger partial charge on any atom is -0.486 e. The van der Waals surface area contributed by atoms with E-state index in [1.807, 2.05) is 19.1 Å². The van der Waals surface area contributed by atoms with Gasteiger partial charge < -0.3 is 19.2 Å². The van der Waals surface area contributed by atoms with Crippen molar-refractivity contribution in [1.82, 2.24) is 10.3 Å². The maximum Gasteiger partial charge on any atom is 0.208 e. The second-order valence-corrected chi connectivity index (χ2v) is 5.62. The number of oxazole rings is 1. The van der Waals surface area contributed by atoms with E-state index in [2.05, 4.69) is 16.6 Å². The van der Waals surface area contributed by atoms with Gasteiger partial charge in [-0.3, -0.25) is 0 Å². The molecule has 1 aliphatic heterocycles. The molecule has 0 atom stereocenters. The highest BCUT2D eigenvalue weighted by atomic mass is 32.2. The van der Waals surface area contributed by atoms with Gasteiger partial charge in [-0.2, -0.15) is 0 Å². The van der Waals surface area contributed by atoms with Gasteiger partial charge in [-0.1, -0.05) is 0 Å². The molecule has 0 bridgehead atoms. The predicted octanol–water partition coefficient (Wildman–Crippen LogP) is 2.77. The Morgan fingerprint density at radius 2 is 1.95 bits per heavy atom. The average Bonchev–Trinajstić information content (AvgIpc) is 2.92. The summed E-state index contributed by atoms with van der Waals surface area (Å²) in [6.07, 6.45) is 3.79. The largest absolute Gasteiger partial charge is 0.486 e. The Morgan fingerprint density at radius 3 is 2.62 bits per heavy atom. The number of aryl methyl sites for hydroxylation is 1. The molecule has 1 aromatic carbocycles. The van der Waals surface area contributed by atoms with Crippen LogP contribution >= 0.6 is 11.8 Å². The van der Waals surface area contributed by atoms with Gasteiger partial charge in [-0.15, -0.1) is 11.8 Å². The Bertz CT molecular complexity index is 627. The Morgan fingerprint density at radius 1 is 1.19 bits per heavy atom. The van der Waals surface area contributed by atoms with Crippen LogP contribution in [0.5, 0.6) is 11.5 Å². The molecule has 5 nitrogen and oxygen atoms in total. The Hall–Kier alpha value is -1.66. The number of nitrogens with one attached hydrogen (secondary N) is 1. The van der Waals surface area contributed by atoms with E-state index in [-0.39, 0.29) is 0 Å². The molecule has 0 amide bonds. The first kappa shape index (κ1) is 14.3. The topological polar surface area (TPSA) is 56.5 Å². The molecule has 0 saturated heterocycles. The number of hydrogen-bond donors (Lipinski definition) is 1. The number of nitrogens with zero attached hydrogens (tertiary/aromatic N) is 1.